The van der Waals surface area contributed by atoms with Crippen molar-refractivity contribution in [3.05, 3.63) is 63.4 Å². The molecule has 2 aromatic carbocycles. The number of rotatable bonds is 8. The molecule has 4 atom stereocenters. The van der Waals surface area contributed by atoms with E-state index in [2.05, 4.69) is 16.0 Å². The number of amides is 1. The predicted octanol–water partition coefficient (Wildman–Crippen LogP) is 4.81. The molecule has 0 bridgehead atoms. The zero-order chi connectivity index (χ0) is 27.6. The highest BCUT2D eigenvalue weighted by molar-refractivity contribution is 6.31. The maximum atomic E-state index is 15.7. The van der Waals surface area contributed by atoms with E-state index >= 15 is 4.39 Å². The van der Waals surface area contributed by atoms with Crippen molar-refractivity contribution in [3.63, 3.8) is 0 Å². The van der Waals surface area contributed by atoms with Gasteiger partial charge in [-0.05, 0) is 55.0 Å². The molecule has 1 aliphatic heterocycles. The molecule has 4 rings (SSSR count). The molecule has 1 amide bonds. The molecule has 4 N–H and O–H groups in total. The van der Waals surface area contributed by atoms with E-state index in [0.29, 0.717) is 22.7 Å². The first kappa shape index (κ1) is 27.8. The molecule has 37 heavy (non-hydrogen) atoms. The van der Waals surface area contributed by atoms with Gasteiger partial charge in [-0.15, -0.1) is 0 Å². The summed E-state index contributed by atoms with van der Waals surface area (Å²) in [6.45, 7) is 9.26. The maximum absolute atomic E-state index is 15.7. The Morgan fingerprint density at radius 2 is 1.86 bits per heavy atom. The Balaban J connectivity index is 2.02. The van der Waals surface area contributed by atoms with Crippen LogP contribution in [-0.2, 0) is 15.0 Å². The minimum atomic E-state index is -1.33. The van der Waals surface area contributed by atoms with Gasteiger partial charge in [0.1, 0.15) is 17.6 Å². The fourth-order valence-corrected chi connectivity index (χ4v) is 6.78. The fraction of sp³-hybridized carbons (Fsp3) is 0.500. The van der Waals surface area contributed by atoms with Gasteiger partial charge in [0.15, 0.2) is 0 Å². The van der Waals surface area contributed by atoms with Crippen LogP contribution in [0.3, 0.4) is 0 Å². The van der Waals surface area contributed by atoms with E-state index < -0.39 is 39.7 Å². The number of nitrogens with one attached hydrogen (secondary N) is 3. The summed E-state index contributed by atoms with van der Waals surface area (Å²) >= 11 is 12.5. The van der Waals surface area contributed by atoms with Crippen LogP contribution >= 0.6 is 23.2 Å². The molecule has 4 unspecified atom stereocenters. The summed E-state index contributed by atoms with van der Waals surface area (Å²) in [6.07, 6.45) is 1.29. The Hall–Kier alpha value is -2.19. The number of halogens is 3. The monoisotopic (exact) mass is 549 g/mol. The van der Waals surface area contributed by atoms with Crippen LogP contribution in [0, 0.1) is 11.2 Å². The zero-order valence-corrected chi connectivity index (χ0v) is 23.4. The van der Waals surface area contributed by atoms with E-state index in [1.165, 1.54) is 6.07 Å². The van der Waals surface area contributed by atoms with E-state index in [0.717, 1.165) is 6.29 Å². The number of carbonyl (C=O) groups excluding carboxylic acids is 2. The normalized spacial score (nSPS) is 28.6. The van der Waals surface area contributed by atoms with Crippen LogP contribution in [0.25, 0.3) is 0 Å². The largest absolute Gasteiger partial charge is 0.389 e. The summed E-state index contributed by atoms with van der Waals surface area (Å²) in [7, 11) is 1.72. The predicted molar refractivity (Wildman–Crippen MR) is 145 cm³/mol. The number of aliphatic hydroxyl groups is 1. The maximum Gasteiger partial charge on any atom is 0.243 e. The Bertz CT molecular complexity index is 1260. The average molecular weight is 551 g/mol. The van der Waals surface area contributed by atoms with Gasteiger partial charge in [0, 0.05) is 30.2 Å². The lowest BCUT2D eigenvalue weighted by Gasteiger charge is -2.57. The first-order chi connectivity index (χ1) is 17.1. The molecule has 1 aliphatic carbocycles. The second kappa shape index (κ2) is 8.94. The van der Waals surface area contributed by atoms with Crippen LogP contribution in [0.15, 0.2) is 36.4 Å². The summed E-state index contributed by atoms with van der Waals surface area (Å²) < 4.78 is 15.7. The molecule has 2 fully saturated rings. The van der Waals surface area contributed by atoms with Crippen molar-refractivity contribution >= 4 is 41.1 Å². The van der Waals surface area contributed by atoms with Crippen LogP contribution in [-0.4, -0.2) is 47.6 Å². The van der Waals surface area contributed by atoms with Gasteiger partial charge >= 0.3 is 0 Å². The third kappa shape index (κ3) is 4.06. The Morgan fingerprint density at radius 3 is 2.43 bits per heavy atom. The molecule has 0 aromatic heterocycles. The lowest BCUT2D eigenvalue weighted by molar-refractivity contribution is -0.133. The van der Waals surface area contributed by atoms with Crippen LogP contribution in [0.2, 0.25) is 10.0 Å². The van der Waals surface area contributed by atoms with Crippen molar-refractivity contribution in [3.8, 4) is 0 Å². The van der Waals surface area contributed by atoms with Crippen LogP contribution < -0.4 is 16.0 Å². The molecular formula is C28H34Cl2FN3O3. The number of anilines is 1. The SMILES string of the molecule is CNc1cc(Cl)ccc1C1(C=O)C(c2cccc(Cl)c2F)C2(C(=O)NCC(C)(C)O)NC21CC(C)(C)C. The van der Waals surface area contributed by atoms with Crippen LogP contribution in [0.4, 0.5) is 10.1 Å². The van der Waals surface area contributed by atoms with Gasteiger partial charge in [-0.25, -0.2) is 4.39 Å². The van der Waals surface area contributed by atoms with Crippen molar-refractivity contribution in [2.24, 2.45) is 5.41 Å². The smallest absolute Gasteiger partial charge is 0.243 e. The molecule has 1 heterocycles. The number of carbonyl (C=O) groups is 2. The van der Waals surface area contributed by atoms with E-state index in [9.17, 15) is 14.7 Å². The number of benzene rings is 2. The van der Waals surface area contributed by atoms with Crippen molar-refractivity contribution < 1.29 is 19.1 Å². The lowest BCUT2D eigenvalue weighted by atomic mass is 9.41. The van der Waals surface area contributed by atoms with E-state index in [1.54, 1.807) is 51.2 Å². The van der Waals surface area contributed by atoms with Crippen LogP contribution in [0.1, 0.15) is 58.1 Å². The summed E-state index contributed by atoms with van der Waals surface area (Å²) in [4.78, 5) is 27.4. The highest BCUT2D eigenvalue weighted by atomic mass is 35.5. The van der Waals surface area contributed by atoms with Gasteiger partial charge in [-0.3, -0.25) is 10.1 Å². The second-order valence-electron chi connectivity index (χ2n) is 12.1. The first-order valence-corrected chi connectivity index (χ1v) is 13.0. The number of hydrogen-bond donors (Lipinski definition) is 4. The molecule has 0 spiro atoms. The molecule has 2 aromatic rings. The van der Waals surface area contributed by atoms with Gasteiger partial charge in [0.2, 0.25) is 5.91 Å². The molecule has 0 radical (unpaired) electrons. The number of hydrogen-bond acceptors (Lipinski definition) is 5. The Labute approximate surface area is 227 Å². The lowest BCUT2D eigenvalue weighted by Crippen LogP contribution is -2.71. The second-order valence-corrected chi connectivity index (χ2v) is 12.9. The highest BCUT2D eigenvalue weighted by Gasteiger charge is 2.95. The zero-order valence-electron chi connectivity index (χ0n) is 21.9. The minimum Gasteiger partial charge on any atom is -0.389 e. The van der Waals surface area contributed by atoms with E-state index in [1.807, 2.05) is 20.8 Å². The topological polar surface area (TPSA) is 100 Å². The van der Waals surface area contributed by atoms with Gasteiger partial charge in [0.25, 0.3) is 0 Å². The van der Waals surface area contributed by atoms with Crippen molar-refractivity contribution in [2.45, 2.75) is 69.1 Å². The Morgan fingerprint density at radius 1 is 1.19 bits per heavy atom. The fourth-order valence-electron chi connectivity index (χ4n) is 6.43. The third-order valence-electron chi connectivity index (χ3n) is 7.63. The minimum absolute atomic E-state index is 0.0115. The van der Waals surface area contributed by atoms with Gasteiger partial charge in [0.05, 0.1) is 21.6 Å². The van der Waals surface area contributed by atoms with E-state index in [-0.39, 0.29) is 22.5 Å². The van der Waals surface area contributed by atoms with Crippen molar-refractivity contribution in [1.29, 1.82) is 0 Å². The van der Waals surface area contributed by atoms with E-state index in [4.69, 9.17) is 23.2 Å². The summed E-state index contributed by atoms with van der Waals surface area (Å²) in [5, 5.41) is 20.1. The standard InChI is InChI=1S/C28H34Cl2FN3O3/c1-24(2,3)13-27-26(15-35,18-11-10-16(29)12-20(18)32-6)22(17-8-7-9-19(30)21(17)31)28(27,34-27)23(36)33-14-25(4,5)37/h7-12,15,22,32,34,37H,13-14H2,1-6H3,(H,33,36). The summed E-state index contributed by atoms with van der Waals surface area (Å²) in [5.41, 5.74) is -3.73. The molecule has 1 saturated carbocycles. The molecule has 200 valence electrons. The molecule has 1 saturated heterocycles. The Kier molecular flexibility index (Phi) is 6.72. The average Bonchev–Trinajstić information content (AvgIpc) is 3.38. The molecule has 9 heteroatoms. The number of fused-ring (bicyclic) bond motifs is 1. The summed E-state index contributed by atoms with van der Waals surface area (Å²) in [5.74, 6) is -2.00. The molecule has 2 aliphatic rings. The molecular weight excluding hydrogens is 516 g/mol. The quantitative estimate of drug-likeness (QED) is 0.279. The van der Waals surface area contributed by atoms with Crippen molar-refractivity contribution in [1.82, 2.24) is 10.6 Å². The van der Waals surface area contributed by atoms with Gasteiger partial charge < -0.3 is 20.5 Å². The van der Waals surface area contributed by atoms with Gasteiger partial charge in [-0.2, -0.15) is 0 Å². The first-order valence-electron chi connectivity index (χ1n) is 12.3. The molecule has 6 nitrogen and oxygen atoms in total. The third-order valence-corrected chi connectivity index (χ3v) is 8.15. The summed E-state index contributed by atoms with van der Waals surface area (Å²) in [6, 6.07) is 9.80. The van der Waals surface area contributed by atoms with Crippen molar-refractivity contribution in [2.75, 3.05) is 18.9 Å². The number of aldehydes is 1. The van der Waals surface area contributed by atoms with Crippen LogP contribution in [0.5, 0.6) is 0 Å². The van der Waals surface area contributed by atoms with Gasteiger partial charge in [-0.1, -0.05) is 62.2 Å². The highest BCUT2D eigenvalue weighted by Crippen LogP contribution is 2.77.